The number of methoxy groups -OCH3 is 1. The van der Waals surface area contributed by atoms with Crippen molar-refractivity contribution in [1.82, 2.24) is 10.2 Å². The molecule has 1 saturated carbocycles. The number of phenolic OH excluding ortho intramolecular Hbond substituents is 1. The van der Waals surface area contributed by atoms with Crippen LogP contribution in [0.4, 0.5) is 4.79 Å². The number of nitrogens with zero attached hydrogens (tertiary/aromatic N) is 1. The maximum absolute atomic E-state index is 12.5. The van der Waals surface area contributed by atoms with E-state index in [0.29, 0.717) is 6.54 Å². The summed E-state index contributed by atoms with van der Waals surface area (Å²) in [5.74, 6) is 0.233. The van der Waals surface area contributed by atoms with Crippen molar-refractivity contribution >= 4 is 6.03 Å². The molecule has 1 aromatic rings. The first-order valence-electron chi connectivity index (χ1n) is 8.29. The van der Waals surface area contributed by atoms with Gasteiger partial charge in [-0.15, -0.1) is 0 Å². The van der Waals surface area contributed by atoms with Crippen LogP contribution in [0.15, 0.2) is 24.3 Å². The maximum atomic E-state index is 12.5. The Bertz CT molecular complexity index is 526. The number of carbonyl (C=O) groups excluding carboxylic acids is 1. The van der Waals surface area contributed by atoms with Crippen molar-refractivity contribution in [2.45, 2.75) is 51.8 Å². The molecule has 128 valence electrons. The number of urea groups is 1. The Labute approximate surface area is 138 Å². The topological polar surface area (TPSA) is 61.8 Å². The molecule has 1 fully saturated rings. The second-order valence-corrected chi connectivity index (χ2v) is 6.42. The van der Waals surface area contributed by atoms with Gasteiger partial charge in [-0.2, -0.15) is 0 Å². The number of ether oxygens (including phenoxy) is 1. The third kappa shape index (κ3) is 3.44. The zero-order chi connectivity index (χ0) is 17.0. The summed E-state index contributed by atoms with van der Waals surface area (Å²) in [6.45, 7) is 4.83. The van der Waals surface area contributed by atoms with Gasteiger partial charge in [0.2, 0.25) is 0 Å². The molecule has 2 atom stereocenters. The molecule has 0 bridgehead atoms. The van der Waals surface area contributed by atoms with Crippen molar-refractivity contribution in [3.8, 4) is 5.75 Å². The van der Waals surface area contributed by atoms with Crippen LogP contribution in [0.25, 0.3) is 0 Å². The molecule has 0 radical (unpaired) electrons. The smallest absolute Gasteiger partial charge is 0.317 e. The lowest BCUT2D eigenvalue weighted by atomic mass is 9.58. The predicted octanol–water partition coefficient (Wildman–Crippen LogP) is 3.13. The number of benzene rings is 1. The second kappa shape index (κ2) is 7.21. The second-order valence-electron chi connectivity index (χ2n) is 6.42. The van der Waals surface area contributed by atoms with E-state index < -0.39 is 0 Å². The first-order chi connectivity index (χ1) is 11.0. The van der Waals surface area contributed by atoms with Gasteiger partial charge in [0, 0.05) is 32.2 Å². The van der Waals surface area contributed by atoms with Crippen LogP contribution in [-0.2, 0) is 11.3 Å². The largest absolute Gasteiger partial charge is 0.508 e. The average molecular weight is 320 g/mol. The summed E-state index contributed by atoms with van der Waals surface area (Å²) in [6.07, 6.45) is 3.09. The Morgan fingerprint density at radius 2 is 1.96 bits per heavy atom. The minimum absolute atomic E-state index is 0.0454. The average Bonchev–Trinajstić information content (AvgIpc) is 2.54. The van der Waals surface area contributed by atoms with Crippen LogP contribution >= 0.6 is 0 Å². The summed E-state index contributed by atoms with van der Waals surface area (Å²) in [7, 11) is 3.54. The standard InChI is InChI=1S/C18H28N2O3/c1-5-18(6-2)15(11-16(18)23-4)19-17(22)20(3)12-13-7-9-14(21)10-8-13/h7-10,15-16,21H,5-6,11-12H2,1-4H3,(H,19,22). The zero-order valence-corrected chi connectivity index (χ0v) is 14.5. The van der Waals surface area contributed by atoms with Crippen LogP contribution in [-0.4, -0.2) is 42.3 Å². The van der Waals surface area contributed by atoms with Crippen molar-refractivity contribution in [3.63, 3.8) is 0 Å². The number of rotatable bonds is 6. The highest BCUT2D eigenvalue weighted by Crippen LogP contribution is 2.48. The van der Waals surface area contributed by atoms with Crippen LogP contribution in [0, 0.1) is 5.41 Å². The van der Waals surface area contributed by atoms with E-state index in [9.17, 15) is 9.90 Å². The van der Waals surface area contributed by atoms with Crippen LogP contribution in [0.5, 0.6) is 5.75 Å². The molecule has 0 aliphatic heterocycles. The molecule has 2 amide bonds. The van der Waals surface area contributed by atoms with Gasteiger partial charge in [-0.05, 0) is 37.0 Å². The summed E-state index contributed by atoms with van der Waals surface area (Å²) in [5.41, 5.74) is 1.03. The lowest BCUT2D eigenvalue weighted by Gasteiger charge is -2.55. The molecular formula is C18H28N2O3. The summed E-state index contributed by atoms with van der Waals surface area (Å²) in [5, 5.41) is 12.5. The Balaban J connectivity index is 1.94. The molecule has 5 nitrogen and oxygen atoms in total. The van der Waals surface area contributed by atoms with Gasteiger partial charge in [0.05, 0.1) is 6.10 Å². The summed E-state index contributed by atoms with van der Waals surface area (Å²) in [6, 6.07) is 7.02. The molecular weight excluding hydrogens is 292 g/mol. The highest BCUT2D eigenvalue weighted by molar-refractivity contribution is 5.74. The molecule has 2 N–H and O–H groups in total. The van der Waals surface area contributed by atoms with E-state index in [1.54, 1.807) is 31.2 Å². The number of aromatic hydroxyl groups is 1. The highest BCUT2D eigenvalue weighted by Gasteiger charge is 2.53. The fourth-order valence-corrected chi connectivity index (χ4v) is 3.69. The predicted molar refractivity (Wildman–Crippen MR) is 90.3 cm³/mol. The van der Waals surface area contributed by atoms with Gasteiger partial charge < -0.3 is 20.1 Å². The Morgan fingerprint density at radius 1 is 1.35 bits per heavy atom. The zero-order valence-electron chi connectivity index (χ0n) is 14.5. The molecule has 0 saturated heterocycles. The number of carbonyl (C=O) groups is 1. The molecule has 23 heavy (non-hydrogen) atoms. The summed E-state index contributed by atoms with van der Waals surface area (Å²) < 4.78 is 5.57. The number of phenols is 1. The van der Waals surface area contributed by atoms with E-state index in [0.717, 1.165) is 24.8 Å². The van der Waals surface area contributed by atoms with Crippen molar-refractivity contribution in [3.05, 3.63) is 29.8 Å². The van der Waals surface area contributed by atoms with Crippen molar-refractivity contribution in [2.75, 3.05) is 14.2 Å². The minimum atomic E-state index is -0.0658. The van der Waals surface area contributed by atoms with Gasteiger partial charge in [-0.3, -0.25) is 0 Å². The Morgan fingerprint density at radius 3 is 2.48 bits per heavy atom. The summed E-state index contributed by atoms with van der Waals surface area (Å²) >= 11 is 0. The fraction of sp³-hybridized carbons (Fsp3) is 0.611. The molecule has 0 heterocycles. The number of amides is 2. The van der Waals surface area contributed by atoms with Crippen molar-refractivity contribution < 1.29 is 14.6 Å². The summed E-state index contributed by atoms with van der Waals surface area (Å²) in [4.78, 5) is 14.1. The van der Waals surface area contributed by atoms with E-state index in [2.05, 4.69) is 19.2 Å². The first kappa shape index (κ1) is 17.6. The molecule has 1 aromatic carbocycles. The highest BCUT2D eigenvalue weighted by atomic mass is 16.5. The molecule has 0 aromatic heterocycles. The number of nitrogens with one attached hydrogen (secondary N) is 1. The third-order valence-corrected chi connectivity index (χ3v) is 5.39. The van der Waals surface area contributed by atoms with E-state index in [-0.39, 0.29) is 29.3 Å². The van der Waals surface area contributed by atoms with E-state index >= 15 is 0 Å². The number of hydrogen-bond acceptors (Lipinski definition) is 3. The van der Waals surface area contributed by atoms with Crippen molar-refractivity contribution in [2.24, 2.45) is 5.41 Å². The Kier molecular flexibility index (Phi) is 5.52. The van der Waals surface area contributed by atoms with E-state index in [1.165, 1.54) is 0 Å². The molecule has 1 aliphatic carbocycles. The fourth-order valence-electron chi connectivity index (χ4n) is 3.69. The van der Waals surface area contributed by atoms with Crippen LogP contribution in [0.2, 0.25) is 0 Å². The van der Waals surface area contributed by atoms with Gasteiger partial charge in [0.25, 0.3) is 0 Å². The lowest BCUT2D eigenvalue weighted by Crippen LogP contribution is -2.65. The quantitative estimate of drug-likeness (QED) is 0.846. The Hall–Kier alpha value is -1.75. The van der Waals surface area contributed by atoms with E-state index in [1.807, 2.05) is 12.1 Å². The van der Waals surface area contributed by atoms with Gasteiger partial charge >= 0.3 is 6.03 Å². The molecule has 0 spiro atoms. The first-order valence-corrected chi connectivity index (χ1v) is 8.29. The third-order valence-electron chi connectivity index (χ3n) is 5.39. The van der Waals surface area contributed by atoms with Gasteiger partial charge in [-0.1, -0.05) is 26.0 Å². The van der Waals surface area contributed by atoms with Crippen molar-refractivity contribution in [1.29, 1.82) is 0 Å². The maximum Gasteiger partial charge on any atom is 0.317 e. The van der Waals surface area contributed by atoms with Gasteiger partial charge in [-0.25, -0.2) is 4.79 Å². The van der Waals surface area contributed by atoms with Gasteiger partial charge in [0.1, 0.15) is 5.75 Å². The van der Waals surface area contributed by atoms with Gasteiger partial charge in [0.15, 0.2) is 0 Å². The molecule has 2 rings (SSSR count). The minimum Gasteiger partial charge on any atom is -0.508 e. The monoisotopic (exact) mass is 320 g/mol. The molecule has 5 heteroatoms. The van der Waals surface area contributed by atoms with E-state index in [4.69, 9.17) is 4.74 Å². The number of hydrogen-bond donors (Lipinski definition) is 2. The van der Waals surface area contributed by atoms with Crippen LogP contribution < -0.4 is 5.32 Å². The van der Waals surface area contributed by atoms with Crippen LogP contribution in [0.3, 0.4) is 0 Å². The van der Waals surface area contributed by atoms with Crippen LogP contribution in [0.1, 0.15) is 38.7 Å². The molecule has 1 aliphatic rings. The normalized spacial score (nSPS) is 22.3. The SMILES string of the molecule is CCC1(CC)C(NC(=O)N(C)Cc2ccc(O)cc2)CC1OC. The molecule has 2 unspecified atom stereocenters. The lowest BCUT2D eigenvalue weighted by molar-refractivity contribution is -0.120.